The van der Waals surface area contributed by atoms with Crippen LogP contribution in [0.3, 0.4) is 0 Å². The van der Waals surface area contributed by atoms with E-state index in [9.17, 15) is 4.79 Å². The Morgan fingerprint density at radius 3 is 2.72 bits per heavy atom. The molecule has 0 atom stereocenters. The van der Waals surface area contributed by atoms with Crippen LogP contribution in [0.2, 0.25) is 0 Å². The first-order valence-corrected chi connectivity index (χ1v) is 5.68. The summed E-state index contributed by atoms with van der Waals surface area (Å²) in [6.07, 6.45) is 0. The van der Waals surface area contributed by atoms with Gasteiger partial charge in [-0.25, -0.2) is 4.98 Å². The smallest absolute Gasteiger partial charge is 0.323 e. The summed E-state index contributed by atoms with van der Waals surface area (Å²) >= 11 is 0. The van der Waals surface area contributed by atoms with Crippen LogP contribution in [0, 0.1) is 0 Å². The van der Waals surface area contributed by atoms with Crippen LogP contribution in [0.1, 0.15) is 19.7 Å². The molecule has 5 heteroatoms. The van der Waals surface area contributed by atoms with Crippen LogP contribution in [0.4, 0.5) is 0 Å². The van der Waals surface area contributed by atoms with Crippen molar-refractivity contribution >= 4 is 17.0 Å². The molecule has 0 saturated carbocycles. The first-order valence-electron chi connectivity index (χ1n) is 5.68. The summed E-state index contributed by atoms with van der Waals surface area (Å²) in [6.45, 7) is 3.61. The molecule has 5 nitrogen and oxygen atoms in total. The van der Waals surface area contributed by atoms with Crippen LogP contribution < -0.4 is 0 Å². The number of carboxylic acids is 1. The van der Waals surface area contributed by atoms with Crippen molar-refractivity contribution in [3.8, 4) is 0 Å². The lowest BCUT2D eigenvalue weighted by Gasteiger charge is -2.23. The Morgan fingerprint density at radius 2 is 2.11 bits per heavy atom. The van der Waals surface area contributed by atoms with Gasteiger partial charge in [0.2, 0.25) is 0 Å². The van der Waals surface area contributed by atoms with Gasteiger partial charge >= 0.3 is 5.97 Å². The highest BCUT2D eigenvalue weighted by Gasteiger charge is 2.27. The average molecular weight is 248 g/mol. The topological polar surface area (TPSA) is 64.4 Å². The summed E-state index contributed by atoms with van der Waals surface area (Å²) < 4.78 is 7.08. The van der Waals surface area contributed by atoms with Crippen LogP contribution in [0.15, 0.2) is 24.3 Å². The highest BCUT2D eigenvalue weighted by atomic mass is 16.5. The van der Waals surface area contributed by atoms with Crippen molar-refractivity contribution in [1.82, 2.24) is 9.55 Å². The number of aromatic nitrogens is 2. The number of benzene rings is 1. The van der Waals surface area contributed by atoms with Gasteiger partial charge in [-0.2, -0.15) is 0 Å². The zero-order valence-corrected chi connectivity index (χ0v) is 10.7. The van der Waals surface area contributed by atoms with E-state index < -0.39 is 11.6 Å². The number of hydrogen-bond donors (Lipinski definition) is 1. The Hall–Kier alpha value is -1.88. The molecule has 0 aliphatic carbocycles. The summed E-state index contributed by atoms with van der Waals surface area (Å²) in [5, 5.41) is 9.02. The number of carboxylic acid groups (broad SMARTS) is 1. The first-order chi connectivity index (χ1) is 8.45. The number of carbonyl (C=O) groups is 1. The number of aliphatic carboxylic acids is 1. The van der Waals surface area contributed by atoms with Crippen LogP contribution in [-0.4, -0.2) is 27.7 Å². The fraction of sp³-hybridized carbons (Fsp3) is 0.385. The molecule has 0 aliphatic heterocycles. The summed E-state index contributed by atoms with van der Waals surface area (Å²) in [4.78, 5) is 15.5. The molecular weight excluding hydrogens is 232 g/mol. The van der Waals surface area contributed by atoms with Gasteiger partial charge in [0.15, 0.2) is 0 Å². The quantitative estimate of drug-likeness (QED) is 0.898. The molecule has 0 radical (unpaired) electrons. The van der Waals surface area contributed by atoms with Crippen molar-refractivity contribution in [2.75, 3.05) is 7.11 Å². The van der Waals surface area contributed by atoms with Gasteiger partial charge in [-0.3, -0.25) is 4.79 Å². The third-order valence-electron chi connectivity index (χ3n) is 3.00. The lowest BCUT2D eigenvalue weighted by atomic mass is 10.1. The highest BCUT2D eigenvalue weighted by molar-refractivity contribution is 5.78. The van der Waals surface area contributed by atoms with E-state index in [0.29, 0.717) is 5.82 Å². The molecule has 96 valence electrons. The molecule has 2 rings (SSSR count). The van der Waals surface area contributed by atoms with E-state index in [1.54, 1.807) is 11.7 Å². The Morgan fingerprint density at radius 1 is 1.44 bits per heavy atom. The third kappa shape index (κ3) is 2.09. The van der Waals surface area contributed by atoms with Crippen molar-refractivity contribution in [1.29, 1.82) is 0 Å². The fourth-order valence-corrected chi connectivity index (χ4v) is 1.92. The van der Waals surface area contributed by atoms with Crippen LogP contribution in [-0.2, 0) is 21.7 Å². The Balaban J connectivity index is 2.68. The summed E-state index contributed by atoms with van der Waals surface area (Å²) in [7, 11) is 1.59. The number of para-hydroxylation sites is 2. The Labute approximate surface area is 105 Å². The van der Waals surface area contributed by atoms with Gasteiger partial charge in [-0.05, 0) is 26.0 Å². The number of methoxy groups -OCH3 is 1. The Kier molecular flexibility index (Phi) is 3.09. The van der Waals surface area contributed by atoms with Crippen molar-refractivity contribution in [3.63, 3.8) is 0 Å². The van der Waals surface area contributed by atoms with Crippen molar-refractivity contribution in [2.24, 2.45) is 0 Å². The summed E-state index contributed by atoms with van der Waals surface area (Å²) in [6, 6.07) is 7.47. The molecule has 0 bridgehead atoms. The van der Waals surface area contributed by atoms with Crippen LogP contribution in [0.5, 0.6) is 0 Å². The number of ether oxygens (including phenoxy) is 1. The van der Waals surface area contributed by atoms with Gasteiger partial charge in [-0.1, -0.05) is 12.1 Å². The van der Waals surface area contributed by atoms with Crippen LogP contribution >= 0.6 is 0 Å². The zero-order valence-electron chi connectivity index (χ0n) is 10.7. The second-order valence-electron chi connectivity index (χ2n) is 4.62. The number of imidazole rings is 1. The molecule has 0 amide bonds. The van der Waals surface area contributed by atoms with E-state index >= 15 is 0 Å². The molecule has 1 aromatic carbocycles. The number of hydrogen-bond acceptors (Lipinski definition) is 3. The maximum Gasteiger partial charge on any atom is 0.323 e. The molecule has 0 fully saturated rings. The van der Waals surface area contributed by atoms with Crippen molar-refractivity contribution < 1.29 is 14.6 Å². The standard InChI is InChI=1S/C13H16N2O3/c1-13(2,18-3)12-14-9-6-4-5-7-10(9)15(12)8-11(16)17/h4-7H,8H2,1-3H3,(H,16,17). The van der Waals surface area contributed by atoms with E-state index in [1.807, 2.05) is 38.1 Å². The molecule has 1 aromatic heterocycles. The van der Waals surface area contributed by atoms with Crippen molar-refractivity contribution in [2.45, 2.75) is 26.0 Å². The molecule has 0 spiro atoms. The van der Waals surface area contributed by atoms with E-state index in [1.165, 1.54) is 0 Å². The molecule has 2 aromatic rings. The van der Waals surface area contributed by atoms with Gasteiger partial charge in [0.1, 0.15) is 18.0 Å². The fourth-order valence-electron chi connectivity index (χ4n) is 1.92. The van der Waals surface area contributed by atoms with Gasteiger partial charge in [-0.15, -0.1) is 0 Å². The molecular formula is C13H16N2O3. The second-order valence-corrected chi connectivity index (χ2v) is 4.62. The summed E-state index contributed by atoms with van der Waals surface area (Å²) in [5.74, 6) is -0.278. The molecule has 0 saturated heterocycles. The Bertz CT molecular complexity index is 587. The predicted octanol–water partition coefficient (Wildman–Crippen LogP) is 2.00. The minimum atomic E-state index is -0.897. The van der Waals surface area contributed by atoms with Gasteiger partial charge in [0, 0.05) is 7.11 Å². The molecule has 18 heavy (non-hydrogen) atoms. The molecule has 0 unspecified atom stereocenters. The maximum atomic E-state index is 11.0. The minimum absolute atomic E-state index is 0.122. The average Bonchev–Trinajstić information content (AvgIpc) is 2.68. The highest BCUT2D eigenvalue weighted by Crippen LogP contribution is 2.27. The van der Waals surface area contributed by atoms with E-state index in [0.717, 1.165) is 11.0 Å². The number of fused-ring (bicyclic) bond motifs is 1. The predicted molar refractivity (Wildman–Crippen MR) is 67.4 cm³/mol. The summed E-state index contributed by atoms with van der Waals surface area (Å²) in [5.41, 5.74) is 0.952. The molecule has 1 heterocycles. The first kappa shape index (κ1) is 12.6. The maximum absolute atomic E-state index is 11.0. The minimum Gasteiger partial charge on any atom is -0.480 e. The van der Waals surface area contributed by atoms with E-state index in [2.05, 4.69) is 4.98 Å². The van der Waals surface area contributed by atoms with Crippen LogP contribution in [0.25, 0.3) is 11.0 Å². The van der Waals surface area contributed by atoms with Gasteiger partial charge in [0.05, 0.1) is 11.0 Å². The SMILES string of the molecule is COC(C)(C)c1nc2ccccc2n1CC(=O)O. The lowest BCUT2D eigenvalue weighted by Crippen LogP contribution is -2.26. The normalized spacial score (nSPS) is 11.9. The van der Waals surface area contributed by atoms with Crippen molar-refractivity contribution in [3.05, 3.63) is 30.1 Å². The monoisotopic (exact) mass is 248 g/mol. The lowest BCUT2D eigenvalue weighted by molar-refractivity contribution is -0.137. The van der Waals surface area contributed by atoms with Gasteiger partial charge < -0.3 is 14.4 Å². The molecule has 1 N–H and O–H groups in total. The van der Waals surface area contributed by atoms with Gasteiger partial charge in [0.25, 0.3) is 0 Å². The number of rotatable bonds is 4. The zero-order chi connectivity index (χ0) is 13.3. The number of nitrogens with zero attached hydrogens (tertiary/aromatic N) is 2. The molecule has 0 aliphatic rings. The van der Waals surface area contributed by atoms with E-state index in [-0.39, 0.29) is 6.54 Å². The second kappa shape index (κ2) is 4.42. The third-order valence-corrected chi connectivity index (χ3v) is 3.00. The largest absolute Gasteiger partial charge is 0.480 e. The van der Waals surface area contributed by atoms with E-state index in [4.69, 9.17) is 9.84 Å².